The maximum absolute atomic E-state index is 12.6. The number of para-hydroxylation sites is 1. The van der Waals surface area contributed by atoms with Crippen LogP contribution in [0.15, 0.2) is 70.6 Å². The maximum atomic E-state index is 12.6. The molecule has 1 amide bonds. The summed E-state index contributed by atoms with van der Waals surface area (Å²) in [5, 5.41) is 8.88. The van der Waals surface area contributed by atoms with Crippen LogP contribution in [0.2, 0.25) is 0 Å². The standard InChI is InChI=1S/C20H15N3O3S/c1-25-14-10-8-13(9-11-14)19(24)21-16-6-3-2-5-15(16)20-22-18(23-26-20)17-7-4-12-27-17/h2-12H,1H3,(H,21,24). The first-order valence-electron chi connectivity index (χ1n) is 8.17. The lowest BCUT2D eigenvalue weighted by molar-refractivity contribution is 0.102. The summed E-state index contributed by atoms with van der Waals surface area (Å²) in [6.07, 6.45) is 0. The summed E-state index contributed by atoms with van der Waals surface area (Å²) in [5.74, 6) is 1.34. The Bertz CT molecular complexity index is 1060. The van der Waals surface area contributed by atoms with E-state index in [2.05, 4.69) is 15.5 Å². The number of nitrogens with one attached hydrogen (secondary N) is 1. The Kier molecular flexibility index (Phi) is 4.67. The van der Waals surface area contributed by atoms with Crippen LogP contribution in [0.1, 0.15) is 10.4 Å². The summed E-state index contributed by atoms with van der Waals surface area (Å²) < 4.78 is 10.5. The average molecular weight is 377 g/mol. The number of aromatic nitrogens is 2. The first-order valence-corrected chi connectivity index (χ1v) is 9.05. The number of rotatable bonds is 5. The Morgan fingerprint density at radius 3 is 2.63 bits per heavy atom. The van der Waals surface area contributed by atoms with Crippen molar-refractivity contribution >= 4 is 22.9 Å². The molecule has 0 spiro atoms. The smallest absolute Gasteiger partial charge is 0.260 e. The number of ether oxygens (including phenoxy) is 1. The van der Waals surface area contributed by atoms with E-state index in [9.17, 15) is 4.79 Å². The van der Waals surface area contributed by atoms with E-state index in [0.29, 0.717) is 34.3 Å². The number of amides is 1. The van der Waals surface area contributed by atoms with Gasteiger partial charge in [0, 0.05) is 5.56 Å². The van der Waals surface area contributed by atoms with Crippen molar-refractivity contribution in [1.82, 2.24) is 10.1 Å². The predicted molar refractivity (Wildman–Crippen MR) is 104 cm³/mol. The molecule has 27 heavy (non-hydrogen) atoms. The van der Waals surface area contributed by atoms with E-state index in [1.54, 1.807) is 37.4 Å². The third kappa shape index (κ3) is 3.58. The van der Waals surface area contributed by atoms with Crippen molar-refractivity contribution in [2.24, 2.45) is 0 Å². The Labute approximate surface area is 159 Å². The van der Waals surface area contributed by atoms with Crippen LogP contribution in [0.4, 0.5) is 5.69 Å². The number of methoxy groups -OCH3 is 1. The highest BCUT2D eigenvalue weighted by Crippen LogP contribution is 2.30. The summed E-state index contributed by atoms with van der Waals surface area (Å²) in [5.41, 5.74) is 1.78. The molecule has 0 atom stereocenters. The summed E-state index contributed by atoms with van der Waals surface area (Å²) >= 11 is 1.53. The summed E-state index contributed by atoms with van der Waals surface area (Å²) in [4.78, 5) is 17.9. The highest BCUT2D eigenvalue weighted by atomic mass is 32.1. The van der Waals surface area contributed by atoms with Gasteiger partial charge in [-0.1, -0.05) is 23.4 Å². The van der Waals surface area contributed by atoms with Crippen LogP contribution in [-0.2, 0) is 0 Å². The van der Waals surface area contributed by atoms with Gasteiger partial charge in [0.15, 0.2) is 0 Å². The van der Waals surface area contributed by atoms with Crippen LogP contribution >= 0.6 is 11.3 Å². The van der Waals surface area contributed by atoms with Gasteiger partial charge in [-0.25, -0.2) is 0 Å². The van der Waals surface area contributed by atoms with E-state index in [-0.39, 0.29) is 5.91 Å². The topological polar surface area (TPSA) is 77.2 Å². The second kappa shape index (κ2) is 7.43. The zero-order valence-electron chi connectivity index (χ0n) is 14.4. The fraction of sp³-hybridized carbons (Fsp3) is 0.0500. The quantitative estimate of drug-likeness (QED) is 0.544. The van der Waals surface area contributed by atoms with Gasteiger partial charge >= 0.3 is 0 Å². The van der Waals surface area contributed by atoms with Crippen molar-refractivity contribution < 1.29 is 14.1 Å². The number of nitrogens with zero attached hydrogens (tertiary/aromatic N) is 2. The molecule has 0 fully saturated rings. The molecule has 4 rings (SSSR count). The fourth-order valence-electron chi connectivity index (χ4n) is 2.55. The summed E-state index contributed by atoms with van der Waals surface area (Å²) in [7, 11) is 1.58. The zero-order valence-corrected chi connectivity index (χ0v) is 15.2. The molecule has 2 aromatic heterocycles. The molecule has 2 heterocycles. The van der Waals surface area contributed by atoms with E-state index >= 15 is 0 Å². The van der Waals surface area contributed by atoms with E-state index in [4.69, 9.17) is 9.26 Å². The SMILES string of the molecule is COc1ccc(C(=O)Nc2ccccc2-c2nc(-c3cccs3)no2)cc1. The molecule has 0 aliphatic heterocycles. The molecule has 7 heteroatoms. The number of benzene rings is 2. The first-order chi connectivity index (χ1) is 13.2. The number of hydrogen-bond acceptors (Lipinski definition) is 6. The highest BCUT2D eigenvalue weighted by molar-refractivity contribution is 7.13. The molecule has 2 aromatic carbocycles. The molecule has 0 bridgehead atoms. The lowest BCUT2D eigenvalue weighted by Crippen LogP contribution is -2.12. The third-order valence-electron chi connectivity index (χ3n) is 3.93. The minimum Gasteiger partial charge on any atom is -0.497 e. The van der Waals surface area contributed by atoms with Crippen molar-refractivity contribution in [3.63, 3.8) is 0 Å². The van der Waals surface area contributed by atoms with Crippen LogP contribution in [-0.4, -0.2) is 23.2 Å². The normalized spacial score (nSPS) is 10.6. The molecule has 0 aliphatic carbocycles. The first kappa shape index (κ1) is 17.0. The van der Waals surface area contributed by atoms with E-state index in [1.165, 1.54) is 11.3 Å². The molecular formula is C20H15N3O3S. The van der Waals surface area contributed by atoms with Crippen LogP contribution in [0.3, 0.4) is 0 Å². The van der Waals surface area contributed by atoms with Gasteiger partial charge in [0.2, 0.25) is 5.82 Å². The van der Waals surface area contributed by atoms with Crippen LogP contribution in [0.25, 0.3) is 22.2 Å². The number of thiophene rings is 1. The predicted octanol–water partition coefficient (Wildman–Crippen LogP) is 4.73. The van der Waals surface area contributed by atoms with E-state index < -0.39 is 0 Å². The largest absolute Gasteiger partial charge is 0.497 e. The van der Waals surface area contributed by atoms with Gasteiger partial charge in [-0.3, -0.25) is 4.79 Å². The van der Waals surface area contributed by atoms with Crippen molar-refractivity contribution in [3.05, 3.63) is 71.6 Å². The third-order valence-corrected chi connectivity index (χ3v) is 4.79. The van der Waals surface area contributed by atoms with Gasteiger partial charge in [0.05, 0.1) is 23.2 Å². The Hall–Kier alpha value is -3.45. The van der Waals surface area contributed by atoms with Gasteiger partial charge in [0.1, 0.15) is 5.75 Å². The molecule has 0 aliphatic rings. The van der Waals surface area contributed by atoms with E-state index in [1.807, 2.05) is 35.7 Å². The molecular weight excluding hydrogens is 362 g/mol. The minimum atomic E-state index is -0.233. The molecule has 0 radical (unpaired) electrons. The van der Waals surface area contributed by atoms with Gasteiger partial charge < -0.3 is 14.6 Å². The molecule has 6 nitrogen and oxygen atoms in total. The Morgan fingerprint density at radius 1 is 1.07 bits per heavy atom. The monoisotopic (exact) mass is 377 g/mol. The van der Waals surface area contributed by atoms with Crippen LogP contribution in [0.5, 0.6) is 5.75 Å². The Morgan fingerprint density at radius 2 is 1.89 bits per heavy atom. The van der Waals surface area contributed by atoms with Crippen LogP contribution < -0.4 is 10.1 Å². The fourth-order valence-corrected chi connectivity index (χ4v) is 3.20. The van der Waals surface area contributed by atoms with Gasteiger partial charge in [0.25, 0.3) is 11.8 Å². The molecule has 1 N–H and O–H groups in total. The Balaban J connectivity index is 1.60. The van der Waals surface area contributed by atoms with Crippen molar-refractivity contribution in [1.29, 1.82) is 0 Å². The molecule has 134 valence electrons. The van der Waals surface area contributed by atoms with Gasteiger partial charge in [-0.15, -0.1) is 11.3 Å². The van der Waals surface area contributed by atoms with Crippen molar-refractivity contribution in [2.45, 2.75) is 0 Å². The van der Waals surface area contributed by atoms with E-state index in [0.717, 1.165) is 4.88 Å². The highest BCUT2D eigenvalue weighted by Gasteiger charge is 2.16. The average Bonchev–Trinajstić information content (AvgIpc) is 3.40. The lowest BCUT2D eigenvalue weighted by Gasteiger charge is -2.09. The molecule has 0 unspecified atom stereocenters. The molecule has 0 saturated heterocycles. The second-order valence-electron chi connectivity index (χ2n) is 5.63. The number of carbonyl (C=O) groups is 1. The van der Waals surface area contributed by atoms with Crippen molar-refractivity contribution in [2.75, 3.05) is 12.4 Å². The minimum absolute atomic E-state index is 0.233. The van der Waals surface area contributed by atoms with Gasteiger partial charge in [-0.2, -0.15) is 4.98 Å². The number of anilines is 1. The summed E-state index contributed by atoms with van der Waals surface area (Å²) in [6.45, 7) is 0. The molecule has 4 aromatic rings. The number of hydrogen-bond donors (Lipinski definition) is 1. The zero-order chi connectivity index (χ0) is 18.6. The second-order valence-corrected chi connectivity index (χ2v) is 6.58. The van der Waals surface area contributed by atoms with Crippen molar-refractivity contribution in [3.8, 4) is 27.9 Å². The molecule has 0 saturated carbocycles. The van der Waals surface area contributed by atoms with Gasteiger partial charge in [-0.05, 0) is 47.8 Å². The van der Waals surface area contributed by atoms with Crippen LogP contribution in [0, 0.1) is 0 Å². The lowest BCUT2D eigenvalue weighted by atomic mass is 10.1. The number of carbonyl (C=O) groups excluding carboxylic acids is 1. The maximum Gasteiger partial charge on any atom is 0.260 e. The summed E-state index contributed by atoms with van der Waals surface area (Å²) in [6, 6.07) is 18.1.